The number of nitrogens with one attached hydrogen (secondary N) is 1. The van der Waals surface area contributed by atoms with E-state index in [9.17, 15) is 9.90 Å². The fourth-order valence-electron chi connectivity index (χ4n) is 4.14. The van der Waals surface area contributed by atoms with E-state index in [-0.39, 0.29) is 10.8 Å². The van der Waals surface area contributed by atoms with Crippen LogP contribution in [0.15, 0.2) is 0 Å². The molecular weight excluding hydrogens is 238 g/mol. The van der Waals surface area contributed by atoms with Crippen LogP contribution in [0.3, 0.4) is 0 Å². The van der Waals surface area contributed by atoms with E-state index in [2.05, 4.69) is 33.0 Å². The predicted molar refractivity (Wildman–Crippen MR) is 79.3 cm³/mol. The normalized spacial score (nSPS) is 25.8. The Kier molecular flexibility index (Phi) is 4.71. The van der Waals surface area contributed by atoms with Crippen LogP contribution in [0, 0.1) is 10.8 Å². The summed E-state index contributed by atoms with van der Waals surface area (Å²) in [5.41, 5.74) is -0.223. The lowest BCUT2D eigenvalue weighted by Gasteiger charge is -2.47. The number of carbonyl (C=O) groups is 1. The van der Waals surface area contributed by atoms with Crippen molar-refractivity contribution in [2.75, 3.05) is 0 Å². The lowest BCUT2D eigenvalue weighted by Crippen LogP contribution is -2.57. The van der Waals surface area contributed by atoms with E-state index in [1.165, 1.54) is 6.42 Å². The third kappa shape index (κ3) is 4.48. The van der Waals surface area contributed by atoms with E-state index in [1.807, 2.05) is 13.8 Å². The van der Waals surface area contributed by atoms with Crippen LogP contribution in [0.2, 0.25) is 0 Å². The minimum Gasteiger partial charge on any atom is -0.480 e. The lowest BCUT2D eigenvalue weighted by atomic mass is 9.63. The Morgan fingerprint density at radius 2 is 1.74 bits per heavy atom. The fourth-order valence-corrected chi connectivity index (χ4v) is 4.14. The largest absolute Gasteiger partial charge is 0.480 e. The van der Waals surface area contributed by atoms with Crippen LogP contribution in [0.4, 0.5) is 0 Å². The molecule has 1 saturated carbocycles. The lowest BCUT2D eigenvalue weighted by molar-refractivity contribution is -0.145. The molecule has 3 nitrogen and oxygen atoms in total. The van der Waals surface area contributed by atoms with Crippen LogP contribution < -0.4 is 5.32 Å². The van der Waals surface area contributed by atoms with E-state index >= 15 is 0 Å². The molecule has 1 fully saturated rings. The van der Waals surface area contributed by atoms with Gasteiger partial charge in [0, 0.05) is 6.04 Å². The van der Waals surface area contributed by atoms with Gasteiger partial charge < -0.3 is 5.11 Å². The number of carboxylic acid groups (broad SMARTS) is 1. The van der Waals surface area contributed by atoms with Gasteiger partial charge in [0.2, 0.25) is 0 Å². The summed E-state index contributed by atoms with van der Waals surface area (Å²) in [6.07, 6.45) is 4.89. The van der Waals surface area contributed by atoms with Crippen molar-refractivity contribution in [3.63, 3.8) is 0 Å². The van der Waals surface area contributed by atoms with Gasteiger partial charge in [-0.1, -0.05) is 41.0 Å². The third-order valence-electron chi connectivity index (χ3n) is 4.30. The zero-order chi connectivity index (χ0) is 14.9. The van der Waals surface area contributed by atoms with Gasteiger partial charge in [-0.15, -0.1) is 0 Å². The fraction of sp³-hybridized carbons (Fsp3) is 0.938. The second-order valence-electron chi connectivity index (χ2n) is 8.14. The summed E-state index contributed by atoms with van der Waals surface area (Å²) >= 11 is 0. The highest BCUT2D eigenvalue weighted by atomic mass is 16.4. The molecule has 0 spiro atoms. The standard InChI is InChI=1S/C16H31NO2/c1-7-8-16(6,13(18)19)17-12-9-14(2,3)11-15(4,5)10-12/h12,17H,7-11H2,1-6H3,(H,18,19). The topological polar surface area (TPSA) is 49.3 Å². The van der Waals surface area contributed by atoms with Gasteiger partial charge >= 0.3 is 5.97 Å². The van der Waals surface area contributed by atoms with Crippen LogP contribution in [0.25, 0.3) is 0 Å². The maximum atomic E-state index is 11.5. The molecule has 1 atom stereocenters. The summed E-state index contributed by atoms with van der Waals surface area (Å²) in [7, 11) is 0. The summed E-state index contributed by atoms with van der Waals surface area (Å²) in [5, 5.41) is 12.9. The second kappa shape index (κ2) is 5.43. The minimum atomic E-state index is -0.789. The molecule has 1 rings (SSSR count). The summed E-state index contributed by atoms with van der Waals surface area (Å²) in [6, 6.07) is 0.298. The van der Waals surface area contributed by atoms with E-state index in [0.29, 0.717) is 12.5 Å². The predicted octanol–water partition coefficient (Wildman–Crippen LogP) is 3.82. The number of carboxylic acids is 1. The molecule has 0 saturated heterocycles. The molecular formula is C16H31NO2. The molecule has 0 aromatic carbocycles. The first-order chi connectivity index (χ1) is 8.50. The van der Waals surface area contributed by atoms with Crippen molar-refractivity contribution in [2.45, 2.75) is 85.2 Å². The summed E-state index contributed by atoms with van der Waals surface area (Å²) in [5.74, 6) is -0.726. The average molecular weight is 269 g/mol. The molecule has 0 amide bonds. The van der Waals surface area contributed by atoms with E-state index in [0.717, 1.165) is 19.3 Å². The molecule has 2 N–H and O–H groups in total. The monoisotopic (exact) mass is 269 g/mol. The van der Waals surface area contributed by atoms with Crippen molar-refractivity contribution >= 4 is 5.97 Å². The van der Waals surface area contributed by atoms with Gasteiger partial charge in [-0.3, -0.25) is 10.1 Å². The van der Waals surface area contributed by atoms with Gasteiger partial charge in [0.05, 0.1) is 0 Å². The molecule has 0 aromatic rings. The van der Waals surface area contributed by atoms with Crippen LogP contribution >= 0.6 is 0 Å². The number of hydrogen-bond donors (Lipinski definition) is 2. The van der Waals surface area contributed by atoms with Gasteiger partial charge in [-0.2, -0.15) is 0 Å². The molecule has 0 radical (unpaired) electrons. The Hall–Kier alpha value is -0.570. The summed E-state index contributed by atoms with van der Waals surface area (Å²) in [6.45, 7) is 13.0. The molecule has 0 aliphatic heterocycles. The van der Waals surface area contributed by atoms with Crippen molar-refractivity contribution in [2.24, 2.45) is 10.8 Å². The summed E-state index contributed by atoms with van der Waals surface area (Å²) < 4.78 is 0. The van der Waals surface area contributed by atoms with E-state index in [1.54, 1.807) is 0 Å². The summed E-state index contributed by atoms with van der Waals surface area (Å²) in [4.78, 5) is 11.5. The average Bonchev–Trinajstić information content (AvgIpc) is 2.11. The molecule has 3 heteroatoms. The minimum absolute atomic E-state index is 0.283. The van der Waals surface area contributed by atoms with E-state index in [4.69, 9.17) is 0 Å². The highest BCUT2D eigenvalue weighted by Crippen LogP contribution is 2.46. The van der Waals surface area contributed by atoms with E-state index < -0.39 is 11.5 Å². The second-order valence-corrected chi connectivity index (χ2v) is 8.14. The Bertz CT molecular complexity index is 320. The Morgan fingerprint density at radius 3 is 2.11 bits per heavy atom. The first kappa shape index (κ1) is 16.5. The highest BCUT2D eigenvalue weighted by Gasteiger charge is 2.42. The Labute approximate surface area is 118 Å². The molecule has 0 bridgehead atoms. The van der Waals surface area contributed by atoms with Crippen LogP contribution in [0.1, 0.15) is 73.6 Å². The third-order valence-corrected chi connectivity index (χ3v) is 4.30. The number of aliphatic carboxylic acids is 1. The zero-order valence-corrected chi connectivity index (χ0v) is 13.5. The quantitative estimate of drug-likeness (QED) is 0.797. The van der Waals surface area contributed by atoms with Gasteiger partial charge in [-0.25, -0.2) is 0 Å². The van der Waals surface area contributed by atoms with Gasteiger partial charge in [0.15, 0.2) is 0 Å². The first-order valence-corrected chi connectivity index (χ1v) is 7.51. The van der Waals surface area contributed by atoms with Gasteiger partial charge in [0.25, 0.3) is 0 Å². The maximum absolute atomic E-state index is 11.5. The SMILES string of the molecule is CCCC(C)(NC1CC(C)(C)CC(C)(C)C1)C(=O)O. The van der Waals surface area contributed by atoms with Crippen LogP contribution in [-0.2, 0) is 4.79 Å². The van der Waals surface area contributed by atoms with Crippen molar-refractivity contribution in [3.05, 3.63) is 0 Å². The first-order valence-electron chi connectivity index (χ1n) is 7.51. The molecule has 19 heavy (non-hydrogen) atoms. The number of hydrogen-bond acceptors (Lipinski definition) is 2. The molecule has 112 valence electrons. The Morgan fingerprint density at radius 1 is 1.26 bits per heavy atom. The molecule has 0 aromatic heterocycles. The number of rotatable bonds is 5. The van der Waals surface area contributed by atoms with Gasteiger partial charge in [0.1, 0.15) is 5.54 Å². The van der Waals surface area contributed by atoms with Gasteiger partial charge in [-0.05, 0) is 43.4 Å². The highest BCUT2D eigenvalue weighted by molar-refractivity contribution is 5.78. The Balaban J connectivity index is 2.82. The molecule has 1 aliphatic carbocycles. The molecule has 1 unspecified atom stereocenters. The van der Waals surface area contributed by atoms with Crippen molar-refractivity contribution in [1.29, 1.82) is 0 Å². The van der Waals surface area contributed by atoms with Crippen LogP contribution in [0.5, 0.6) is 0 Å². The van der Waals surface area contributed by atoms with Crippen molar-refractivity contribution in [3.8, 4) is 0 Å². The smallest absolute Gasteiger partial charge is 0.323 e. The molecule has 0 heterocycles. The molecule has 1 aliphatic rings. The van der Waals surface area contributed by atoms with Crippen LogP contribution in [-0.4, -0.2) is 22.7 Å². The van der Waals surface area contributed by atoms with Crippen molar-refractivity contribution < 1.29 is 9.90 Å². The maximum Gasteiger partial charge on any atom is 0.323 e. The zero-order valence-electron chi connectivity index (χ0n) is 13.5. The van der Waals surface area contributed by atoms with Crippen molar-refractivity contribution in [1.82, 2.24) is 5.32 Å².